The summed E-state index contributed by atoms with van der Waals surface area (Å²) in [6, 6.07) is 22.4. The second kappa shape index (κ2) is 9.79. The molecule has 0 N–H and O–H groups in total. The molecule has 0 spiro atoms. The highest BCUT2D eigenvalue weighted by Crippen LogP contribution is 2.27. The third-order valence-corrected chi connectivity index (χ3v) is 7.21. The van der Waals surface area contributed by atoms with Crippen molar-refractivity contribution in [2.24, 2.45) is 5.92 Å². The van der Waals surface area contributed by atoms with Crippen LogP contribution in [0.15, 0.2) is 78.1 Å². The molecule has 0 saturated carbocycles. The van der Waals surface area contributed by atoms with Crippen LogP contribution in [-0.4, -0.2) is 38.4 Å². The minimum atomic E-state index is 0.150. The number of thioether (sulfide) groups is 1. The molecule has 1 saturated heterocycles. The van der Waals surface area contributed by atoms with Gasteiger partial charge in [0.2, 0.25) is 0 Å². The van der Waals surface area contributed by atoms with Crippen molar-refractivity contribution in [3.05, 3.63) is 89.6 Å². The largest absolute Gasteiger partial charge is 0.338 e. The molecule has 1 atom stereocenters. The van der Waals surface area contributed by atoms with Gasteiger partial charge in [0.1, 0.15) is 5.52 Å². The number of amides is 1. The zero-order chi connectivity index (χ0) is 22.6. The smallest absolute Gasteiger partial charge is 0.253 e. The molecule has 168 valence electrons. The number of rotatable bonds is 6. The van der Waals surface area contributed by atoms with E-state index in [2.05, 4.69) is 52.9 Å². The molecule has 6 heteroatoms. The van der Waals surface area contributed by atoms with E-state index in [9.17, 15) is 4.79 Å². The second-order valence-corrected chi connectivity index (χ2v) is 9.74. The Morgan fingerprint density at radius 2 is 1.85 bits per heavy atom. The molecule has 2 aromatic heterocycles. The molecule has 2 aromatic carbocycles. The summed E-state index contributed by atoms with van der Waals surface area (Å²) in [6.07, 6.45) is 4.13. The van der Waals surface area contributed by atoms with Crippen molar-refractivity contribution in [2.45, 2.75) is 37.2 Å². The van der Waals surface area contributed by atoms with Gasteiger partial charge in [-0.1, -0.05) is 61.2 Å². The first-order valence-electron chi connectivity index (χ1n) is 11.5. The van der Waals surface area contributed by atoms with Crippen LogP contribution in [0.25, 0.3) is 11.2 Å². The third-order valence-electron chi connectivity index (χ3n) is 6.17. The molecular weight excluding hydrogens is 428 g/mol. The summed E-state index contributed by atoms with van der Waals surface area (Å²) in [7, 11) is 0. The zero-order valence-electron chi connectivity index (χ0n) is 18.9. The second-order valence-electron chi connectivity index (χ2n) is 8.80. The van der Waals surface area contributed by atoms with Gasteiger partial charge < -0.3 is 4.90 Å². The van der Waals surface area contributed by atoms with Crippen molar-refractivity contribution in [1.82, 2.24) is 19.4 Å². The molecule has 1 amide bonds. The van der Waals surface area contributed by atoms with Gasteiger partial charge in [-0.3, -0.25) is 9.36 Å². The van der Waals surface area contributed by atoms with E-state index in [1.165, 1.54) is 17.5 Å². The lowest BCUT2D eigenvalue weighted by Gasteiger charge is -2.31. The van der Waals surface area contributed by atoms with Gasteiger partial charge in [0, 0.05) is 30.6 Å². The average molecular weight is 457 g/mol. The summed E-state index contributed by atoms with van der Waals surface area (Å²) in [4.78, 5) is 24.3. The molecule has 1 fully saturated rings. The van der Waals surface area contributed by atoms with E-state index in [1.54, 1.807) is 11.8 Å². The number of piperidine rings is 1. The standard InChI is InChI=1S/C27H28N4OS/c1-20-7-6-16-30(17-20)26(32)23-13-11-22(12-14-23)19-33-27-29-24-10-5-15-28-25(24)31(27)18-21-8-3-2-4-9-21/h2-5,8-15,20H,6-7,16-19H2,1H3. The average Bonchev–Trinajstić information content (AvgIpc) is 3.20. The number of carbonyl (C=O) groups is 1. The number of benzene rings is 2. The maximum Gasteiger partial charge on any atom is 0.253 e. The monoisotopic (exact) mass is 456 g/mol. The van der Waals surface area contributed by atoms with Crippen LogP contribution in [-0.2, 0) is 12.3 Å². The number of nitrogens with zero attached hydrogens (tertiary/aromatic N) is 4. The van der Waals surface area contributed by atoms with E-state index < -0.39 is 0 Å². The molecule has 1 aliphatic heterocycles. The van der Waals surface area contributed by atoms with Crippen LogP contribution in [0, 0.1) is 5.92 Å². The van der Waals surface area contributed by atoms with Crippen molar-refractivity contribution >= 4 is 28.8 Å². The predicted octanol–water partition coefficient (Wildman–Crippen LogP) is 5.64. The highest BCUT2D eigenvalue weighted by atomic mass is 32.2. The maximum absolute atomic E-state index is 12.9. The van der Waals surface area contributed by atoms with Crippen molar-refractivity contribution in [3.8, 4) is 0 Å². The molecule has 33 heavy (non-hydrogen) atoms. The van der Waals surface area contributed by atoms with Gasteiger partial charge in [0.15, 0.2) is 10.8 Å². The van der Waals surface area contributed by atoms with Gasteiger partial charge in [-0.15, -0.1) is 0 Å². The minimum Gasteiger partial charge on any atom is -0.338 e. The van der Waals surface area contributed by atoms with Crippen LogP contribution in [0.2, 0.25) is 0 Å². The van der Waals surface area contributed by atoms with Gasteiger partial charge in [-0.2, -0.15) is 0 Å². The fourth-order valence-electron chi connectivity index (χ4n) is 4.40. The number of fused-ring (bicyclic) bond motifs is 1. The zero-order valence-corrected chi connectivity index (χ0v) is 19.7. The molecular formula is C27H28N4OS. The lowest BCUT2D eigenvalue weighted by Crippen LogP contribution is -2.39. The minimum absolute atomic E-state index is 0.150. The Labute approximate surface area is 198 Å². The topological polar surface area (TPSA) is 51.0 Å². The molecule has 1 aliphatic rings. The van der Waals surface area contributed by atoms with Gasteiger partial charge in [0.05, 0.1) is 6.54 Å². The fraction of sp³-hybridized carbons (Fsp3) is 0.296. The SMILES string of the molecule is CC1CCCN(C(=O)c2ccc(CSc3nc4cccnc4n3Cc3ccccc3)cc2)C1. The quantitative estimate of drug-likeness (QED) is 0.352. The summed E-state index contributed by atoms with van der Waals surface area (Å²) < 4.78 is 2.19. The van der Waals surface area contributed by atoms with Crippen LogP contribution >= 0.6 is 11.8 Å². The lowest BCUT2D eigenvalue weighted by atomic mass is 9.99. The molecule has 5 nitrogen and oxygen atoms in total. The number of aromatic nitrogens is 3. The predicted molar refractivity (Wildman–Crippen MR) is 133 cm³/mol. The summed E-state index contributed by atoms with van der Waals surface area (Å²) >= 11 is 1.70. The Morgan fingerprint density at radius 3 is 2.64 bits per heavy atom. The number of imidazole rings is 1. The molecule has 4 aromatic rings. The first kappa shape index (κ1) is 21.7. The number of hydrogen-bond acceptors (Lipinski definition) is 4. The van der Waals surface area contributed by atoms with E-state index in [0.717, 1.165) is 53.7 Å². The molecule has 0 bridgehead atoms. The Hall–Kier alpha value is -3.12. The molecule has 5 rings (SSSR count). The number of hydrogen-bond donors (Lipinski definition) is 0. The van der Waals surface area contributed by atoms with Gasteiger partial charge in [-0.05, 0) is 54.2 Å². The number of pyridine rings is 1. The Bertz CT molecular complexity index is 1240. The van der Waals surface area contributed by atoms with Crippen molar-refractivity contribution in [2.75, 3.05) is 13.1 Å². The first-order valence-corrected chi connectivity index (χ1v) is 12.5. The van der Waals surface area contributed by atoms with Crippen molar-refractivity contribution < 1.29 is 4.79 Å². The van der Waals surface area contributed by atoms with Crippen LogP contribution in [0.3, 0.4) is 0 Å². The Morgan fingerprint density at radius 1 is 1.03 bits per heavy atom. The van der Waals surface area contributed by atoms with Gasteiger partial charge >= 0.3 is 0 Å². The van der Waals surface area contributed by atoms with Crippen molar-refractivity contribution in [3.63, 3.8) is 0 Å². The lowest BCUT2D eigenvalue weighted by molar-refractivity contribution is 0.0683. The summed E-state index contributed by atoms with van der Waals surface area (Å²) in [6.45, 7) is 4.69. The summed E-state index contributed by atoms with van der Waals surface area (Å²) in [5.41, 5.74) is 4.99. The summed E-state index contributed by atoms with van der Waals surface area (Å²) in [5.74, 6) is 1.52. The Kier molecular flexibility index (Phi) is 6.44. The molecule has 1 unspecified atom stereocenters. The van der Waals surface area contributed by atoms with E-state index >= 15 is 0 Å². The van der Waals surface area contributed by atoms with E-state index in [-0.39, 0.29) is 5.91 Å². The summed E-state index contributed by atoms with van der Waals surface area (Å²) in [5, 5.41) is 0.954. The Balaban J connectivity index is 1.30. The van der Waals surface area contributed by atoms with Crippen molar-refractivity contribution in [1.29, 1.82) is 0 Å². The van der Waals surface area contributed by atoms with E-state index in [4.69, 9.17) is 4.98 Å². The fourth-order valence-corrected chi connectivity index (χ4v) is 5.36. The van der Waals surface area contributed by atoms with E-state index in [0.29, 0.717) is 5.92 Å². The van der Waals surface area contributed by atoms with E-state index in [1.807, 2.05) is 41.4 Å². The van der Waals surface area contributed by atoms with Crippen LogP contribution in [0.1, 0.15) is 41.3 Å². The van der Waals surface area contributed by atoms with Crippen LogP contribution in [0.5, 0.6) is 0 Å². The highest BCUT2D eigenvalue weighted by molar-refractivity contribution is 7.98. The maximum atomic E-state index is 12.9. The first-order chi connectivity index (χ1) is 16.2. The third kappa shape index (κ3) is 4.96. The van der Waals surface area contributed by atoms with Gasteiger partial charge in [-0.25, -0.2) is 9.97 Å². The number of likely N-dealkylation sites (tertiary alicyclic amines) is 1. The van der Waals surface area contributed by atoms with Gasteiger partial charge in [0.25, 0.3) is 5.91 Å². The molecule has 0 radical (unpaired) electrons. The van der Waals surface area contributed by atoms with Crippen LogP contribution < -0.4 is 0 Å². The highest BCUT2D eigenvalue weighted by Gasteiger charge is 2.22. The molecule has 0 aliphatic carbocycles. The van der Waals surface area contributed by atoms with Crippen LogP contribution in [0.4, 0.5) is 0 Å². The molecule has 3 heterocycles. The number of carbonyl (C=O) groups excluding carboxylic acids is 1. The normalized spacial score (nSPS) is 16.3.